The van der Waals surface area contributed by atoms with E-state index in [1.54, 1.807) is 12.1 Å². The van der Waals surface area contributed by atoms with Crippen molar-refractivity contribution < 1.29 is 27.6 Å². The molecular weight excluding hydrogens is 455 g/mol. The Bertz CT molecular complexity index is 974. The Hall–Kier alpha value is -3.27. The lowest BCUT2D eigenvalue weighted by Crippen LogP contribution is -2.27. The zero-order valence-electron chi connectivity index (χ0n) is 20.1. The van der Waals surface area contributed by atoms with Crippen molar-refractivity contribution in [2.75, 3.05) is 5.06 Å². The third-order valence-corrected chi connectivity index (χ3v) is 5.45. The SMILES string of the molecule is CCCCCCCCCCC#Cc1ccc(CN(OC(=O)C=O)c2ccc(C(F)(F)F)cc2)cc1. The molecule has 0 saturated carbocycles. The van der Waals surface area contributed by atoms with Crippen molar-refractivity contribution in [1.82, 2.24) is 0 Å². The van der Waals surface area contributed by atoms with E-state index in [4.69, 9.17) is 4.84 Å². The third kappa shape index (κ3) is 10.7. The first kappa shape index (κ1) is 28.0. The molecule has 2 aromatic rings. The van der Waals surface area contributed by atoms with Crippen molar-refractivity contribution in [2.45, 2.75) is 77.4 Å². The Kier molecular flexibility index (Phi) is 11.9. The highest BCUT2D eigenvalue weighted by atomic mass is 19.4. The fourth-order valence-electron chi connectivity index (χ4n) is 3.49. The van der Waals surface area contributed by atoms with E-state index >= 15 is 0 Å². The molecule has 4 nitrogen and oxygen atoms in total. The molecule has 0 amide bonds. The molecule has 0 N–H and O–H groups in total. The van der Waals surface area contributed by atoms with Gasteiger partial charge in [0, 0.05) is 12.0 Å². The van der Waals surface area contributed by atoms with Crippen molar-refractivity contribution in [3.05, 3.63) is 65.2 Å². The van der Waals surface area contributed by atoms with Crippen molar-refractivity contribution in [1.29, 1.82) is 0 Å². The molecule has 7 heteroatoms. The highest BCUT2D eigenvalue weighted by Crippen LogP contribution is 2.31. The van der Waals surface area contributed by atoms with Gasteiger partial charge in [0.05, 0.1) is 17.8 Å². The van der Waals surface area contributed by atoms with Crippen LogP contribution in [-0.2, 0) is 27.1 Å². The van der Waals surface area contributed by atoms with E-state index in [-0.39, 0.29) is 18.5 Å². The van der Waals surface area contributed by atoms with Gasteiger partial charge in [-0.25, -0.2) is 9.86 Å². The highest BCUT2D eigenvalue weighted by molar-refractivity contribution is 6.20. The average molecular weight is 488 g/mol. The van der Waals surface area contributed by atoms with E-state index in [1.807, 2.05) is 12.1 Å². The van der Waals surface area contributed by atoms with Crippen molar-refractivity contribution >= 4 is 17.9 Å². The zero-order valence-corrected chi connectivity index (χ0v) is 20.1. The number of halogens is 3. The van der Waals surface area contributed by atoms with Crippen molar-refractivity contribution in [3.63, 3.8) is 0 Å². The van der Waals surface area contributed by atoms with Gasteiger partial charge in [0.1, 0.15) is 0 Å². The topological polar surface area (TPSA) is 46.6 Å². The lowest BCUT2D eigenvalue weighted by Gasteiger charge is -2.22. The van der Waals surface area contributed by atoms with E-state index in [2.05, 4.69) is 18.8 Å². The summed E-state index contributed by atoms with van der Waals surface area (Å²) in [4.78, 5) is 27.2. The van der Waals surface area contributed by atoms with E-state index in [0.29, 0.717) is 0 Å². The van der Waals surface area contributed by atoms with Gasteiger partial charge in [-0.05, 0) is 48.4 Å². The van der Waals surface area contributed by atoms with Crippen LogP contribution in [0.4, 0.5) is 18.9 Å². The Labute approximate surface area is 205 Å². The van der Waals surface area contributed by atoms with Crippen LogP contribution in [0.5, 0.6) is 0 Å². The van der Waals surface area contributed by atoms with Gasteiger partial charge in [-0.1, -0.05) is 75.8 Å². The quantitative estimate of drug-likeness (QED) is 0.0981. The molecule has 0 heterocycles. The molecule has 0 fully saturated rings. The molecule has 0 aliphatic carbocycles. The summed E-state index contributed by atoms with van der Waals surface area (Å²) in [6.07, 6.45) is 6.43. The molecule has 0 unspecified atom stereocenters. The maximum atomic E-state index is 12.8. The number of carbonyl (C=O) groups excluding carboxylic acids is 2. The van der Waals surface area contributed by atoms with E-state index in [9.17, 15) is 22.8 Å². The summed E-state index contributed by atoms with van der Waals surface area (Å²) < 4.78 is 38.5. The van der Waals surface area contributed by atoms with Crippen molar-refractivity contribution in [2.24, 2.45) is 0 Å². The Balaban J connectivity index is 1.90. The van der Waals surface area contributed by atoms with Gasteiger partial charge in [0.2, 0.25) is 6.29 Å². The zero-order chi connectivity index (χ0) is 25.5. The molecule has 35 heavy (non-hydrogen) atoms. The number of hydrogen-bond donors (Lipinski definition) is 0. The molecule has 0 radical (unpaired) electrons. The third-order valence-electron chi connectivity index (χ3n) is 5.45. The van der Waals surface area contributed by atoms with Crippen LogP contribution in [-0.4, -0.2) is 12.3 Å². The van der Waals surface area contributed by atoms with Gasteiger partial charge in [-0.3, -0.25) is 4.79 Å². The first-order valence-electron chi connectivity index (χ1n) is 12.0. The lowest BCUT2D eigenvalue weighted by molar-refractivity contribution is -0.150. The first-order valence-corrected chi connectivity index (χ1v) is 12.0. The van der Waals surface area contributed by atoms with Crippen LogP contribution < -0.4 is 5.06 Å². The minimum absolute atomic E-state index is 0.00222. The van der Waals surface area contributed by atoms with Crippen LogP contribution in [0.25, 0.3) is 0 Å². The molecule has 0 saturated heterocycles. The van der Waals surface area contributed by atoms with Crippen LogP contribution >= 0.6 is 0 Å². The first-order chi connectivity index (χ1) is 16.8. The van der Waals surface area contributed by atoms with Gasteiger partial charge < -0.3 is 4.84 Å². The molecule has 0 aromatic heterocycles. The van der Waals surface area contributed by atoms with Crippen LogP contribution in [0.3, 0.4) is 0 Å². The summed E-state index contributed by atoms with van der Waals surface area (Å²) in [5.74, 6) is 5.18. The van der Waals surface area contributed by atoms with Crippen LogP contribution in [0.2, 0.25) is 0 Å². The number of anilines is 1. The molecule has 0 aliphatic rings. The minimum atomic E-state index is -4.48. The van der Waals surface area contributed by atoms with Crippen LogP contribution in [0.15, 0.2) is 48.5 Å². The fourth-order valence-corrected chi connectivity index (χ4v) is 3.49. The average Bonchev–Trinajstić information content (AvgIpc) is 2.85. The molecule has 0 bridgehead atoms. The number of alkyl halides is 3. The fraction of sp³-hybridized carbons (Fsp3) is 0.429. The smallest absolute Gasteiger partial charge is 0.332 e. The summed E-state index contributed by atoms with van der Waals surface area (Å²) >= 11 is 0. The standard InChI is InChI=1S/C28H32F3NO3/c1-2-3-4-5-6-7-8-9-10-11-12-23-13-15-24(16-14-23)21-32(35-27(34)22-33)26-19-17-25(18-20-26)28(29,30)31/h13-20,22H,2-10,21H2,1H3. The molecule has 2 rings (SSSR count). The maximum Gasteiger partial charge on any atom is 0.416 e. The largest absolute Gasteiger partial charge is 0.416 e. The summed E-state index contributed by atoms with van der Waals surface area (Å²) in [5.41, 5.74) is 0.969. The number of hydroxylamine groups is 1. The molecule has 0 spiro atoms. The molecule has 188 valence electrons. The number of hydrogen-bond acceptors (Lipinski definition) is 4. The Morgan fingerprint density at radius 3 is 2.09 bits per heavy atom. The van der Waals surface area contributed by atoms with E-state index < -0.39 is 17.7 Å². The van der Waals surface area contributed by atoms with Gasteiger partial charge in [0.15, 0.2) is 0 Å². The predicted molar refractivity (Wildman–Crippen MR) is 130 cm³/mol. The maximum absolute atomic E-state index is 12.8. The monoisotopic (exact) mass is 487 g/mol. The Morgan fingerprint density at radius 2 is 1.51 bits per heavy atom. The van der Waals surface area contributed by atoms with Gasteiger partial charge in [0.25, 0.3) is 0 Å². The molecule has 0 aliphatic heterocycles. The van der Waals surface area contributed by atoms with Gasteiger partial charge in [-0.15, -0.1) is 0 Å². The summed E-state index contributed by atoms with van der Waals surface area (Å²) in [5, 5.41) is 1.08. The highest BCUT2D eigenvalue weighted by Gasteiger charge is 2.30. The van der Waals surface area contributed by atoms with Crippen molar-refractivity contribution in [3.8, 4) is 11.8 Å². The minimum Gasteiger partial charge on any atom is -0.332 e. The van der Waals surface area contributed by atoms with E-state index in [0.717, 1.165) is 41.2 Å². The van der Waals surface area contributed by atoms with Crippen LogP contribution in [0.1, 0.15) is 81.4 Å². The number of rotatable bonds is 13. The number of unbranched alkanes of at least 4 members (excludes halogenated alkanes) is 8. The normalized spacial score (nSPS) is 10.9. The summed E-state index contributed by atoms with van der Waals surface area (Å²) in [6, 6.07) is 11.4. The predicted octanol–water partition coefficient (Wildman–Crippen LogP) is 7.25. The number of aldehydes is 1. The Morgan fingerprint density at radius 1 is 0.914 bits per heavy atom. The summed E-state index contributed by atoms with van der Waals surface area (Å²) in [7, 11) is 0. The molecule has 2 aromatic carbocycles. The van der Waals surface area contributed by atoms with Gasteiger partial charge >= 0.3 is 12.1 Å². The second kappa shape index (κ2) is 14.9. The van der Waals surface area contributed by atoms with E-state index in [1.165, 1.54) is 57.1 Å². The van der Waals surface area contributed by atoms with Crippen LogP contribution in [0, 0.1) is 11.8 Å². The second-order valence-corrected chi connectivity index (χ2v) is 8.33. The number of benzene rings is 2. The van der Waals surface area contributed by atoms with Gasteiger partial charge in [-0.2, -0.15) is 13.2 Å². The lowest BCUT2D eigenvalue weighted by atomic mass is 10.1. The molecule has 0 atom stereocenters. The summed E-state index contributed by atoms with van der Waals surface area (Å²) in [6.45, 7) is 2.27. The number of carbonyl (C=O) groups is 2. The second-order valence-electron chi connectivity index (χ2n) is 8.33. The number of nitrogens with zero attached hydrogens (tertiary/aromatic N) is 1. The molecular formula is C28H32F3NO3.